The molecule has 4 heterocycles. The molecule has 0 fully saturated rings. The van der Waals surface area contributed by atoms with Gasteiger partial charge in [0.05, 0.1) is 16.9 Å². The Morgan fingerprint density at radius 1 is 0.793 bits per heavy atom. The lowest BCUT2D eigenvalue weighted by Gasteiger charge is -2.33. The average molecular weight is 372 g/mol. The Hall–Kier alpha value is -3.53. The molecule has 3 aromatic carbocycles. The number of fused-ring (bicyclic) bond motifs is 5. The number of anilines is 4. The first-order chi connectivity index (χ1) is 14.3. The number of aryl methyl sites for hydroxylation is 1. The van der Waals surface area contributed by atoms with Gasteiger partial charge in [-0.2, -0.15) is 4.57 Å². The second kappa shape index (κ2) is 5.29. The van der Waals surface area contributed by atoms with Crippen molar-refractivity contribution in [2.75, 3.05) is 9.62 Å². The van der Waals surface area contributed by atoms with Crippen LogP contribution in [-0.4, -0.2) is 6.98 Å². The summed E-state index contributed by atoms with van der Waals surface area (Å²) in [5.41, 5.74) is 12.0. The van der Waals surface area contributed by atoms with E-state index in [-0.39, 0.29) is 6.98 Å². The standard InChI is InChI=1S/C25H19BN3/c1-17-12-13-21-23(15-17)29-22-11-6-14-27-16-18-7-5-10-20(24(18)25(22)27)26(29)28(21)19-8-3-2-4-9-19/h2-15H,16H2,1H3/q+1. The quantitative estimate of drug-likeness (QED) is 0.321. The van der Waals surface area contributed by atoms with Crippen molar-refractivity contribution in [1.29, 1.82) is 0 Å². The molecule has 0 saturated heterocycles. The fourth-order valence-electron chi connectivity index (χ4n) is 5.39. The molecule has 0 atom stereocenters. The Bertz CT molecular complexity index is 1320. The van der Waals surface area contributed by atoms with E-state index in [1.165, 1.54) is 50.6 Å². The van der Waals surface area contributed by atoms with Crippen LogP contribution in [-0.2, 0) is 6.54 Å². The van der Waals surface area contributed by atoms with Crippen LogP contribution in [0.2, 0.25) is 0 Å². The minimum atomic E-state index is 0.130. The molecular formula is C25H19BN3+. The first kappa shape index (κ1) is 15.4. The molecule has 0 bridgehead atoms. The maximum atomic E-state index is 2.54. The summed E-state index contributed by atoms with van der Waals surface area (Å²) in [5.74, 6) is 0. The zero-order chi connectivity index (χ0) is 19.1. The number of aromatic nitrogens is 1. The highest BCUT2D eigenvalue weighted by Gasteiger charge is 2.52. The highest BCUT2D eigenvalue weighted by molar-refractivity contribution is 6.86. The van der Waals surface area contributed by atoms with Crippen LogP contribution in [0.3, 0.4) is 0 Å². The number of nitrogens with zero attached hydrogens (tertiary/aromatic N) is 3. The first-order valence-corrected chi connectivity index (χ1v) is 10.2. The lowest BCUT2D eigenvalue weighted by atomic mass is 9.59. The van der Waals surface area contributed by atoms with Gasteiger partial charge in [0.15, 0.2) is 12.7 Å². The summed E-state index contributed by atoms with van der Waals surface area (Å²) in [6.45, 7) is 3.27. The van der Waals surface area contributed by atoms with Gasteiger partial charge in [0.1, 0.15) is 5.69 Å². The molecule has 0 aliphatic carbocycles. The number of para-hydroxylation sites is 1. The molecule has 1 aromatic heterocycles. The zero-order valence-corrected chi connectivity index (χ0v) is 16.2. The van der Waals surface area contributed by atoms with E-state index in [9.17, 15) is 0 Å². The van der Waals surface area contributed by atoms with Gasteiger partial charge < -0.3 is 9.62 Å². The Kier molecular flexibility index (Phi) is 2.81. The fraction of sp³-hybridized carbons (Fsp3) is 0.0800. The Labute approximate surface area is 170 Å². The summed E-state index contributed by atoms with van der Waals surface area (Å²) >= 11 is 0. The van der Waals surface area contributed by atoms with Crippen molar-refractivity contribution in [1.82, 2.24) is 0 Å². The second-order valence-electron chi connectivity index (χ2n) is 8.19. The topological polar surface area (TPSA) is 10.4 Å². The Morgan fingerprint density at radius 2 is 1.69 bits per heavy atom. The van der Waals surface area contributed by atoms with Gasteiger partial charge in [-0.25, -0.2) is 0 Å². The molecule has 4 heteroatoms. The number of hydrogen-bond acceptors (Lipinski definition) is 2. The smallest absolute Gasteiger partial charge is 0.360 e. The van der Waals surface area contributed by atoms with Crippen LogP contribution in [0.15, 0.2) is 85.1 Å². The second-order valence-corrected chi connectivity index (χ2v) is 8.19. The van der Waals surface area contributed by atoms with E-state index in [0.717, 1.165) is 6.54 Å². The van der Waals surface area contributed by atoms with Gasteiger partial charge in [-0.1, -0.05) is 42.5 Å². The highest BCUT2D eigenvalue weighted by atomic mass is 15.3. The number of hydrogen-bond donors (Lipinski definition) is 0. The monoisotopic (exact) mass is 372 g/mol. The van der Waals surface area contributed by atoms with Crippen LogP contribution in [0.4, 0.5) is 22.7 Å². The zero-order valence-electron chi connectivity index (χ0n) is 16.2. The minimum absolute atomic E-state index is 0.130. The largest absolute Gasteiger partial charge is 0.421 e. The summed E-state index contributed by atoms with van der Waals surface area (Å²) in [5, 5.41) is 0. The van der Waals surface area contributed by atoms with E-state index in [2.05, 4.69) is 106 Å². The number of benzene rings is 3. The molecule has 3 aliphatic heterocycles. The maximum absolute atomic E-state index is 2.54. The van der Waals surface area contributed by atoms with Gasteiger partial charge >= 0.3 is 6.98 Å². The summed E-state index contributed by atoms with van der Waals surface area (Å²) < 4.78 is 2.40. The summed E-state index contributed by atoms with van der Waals surface area (Å²) in [6, 6.07) is 28.9. The molecule has 0 saturated carbocycles. The summed E-state index contributed by atoms with van der Waals surface area (Å²) in [6.07, 6.45) is 2.21. The Balaban J connectivity index is 1.60. The lowest BCUT2D eigenvalue weighted by molar-refractivity contribution is -0.671. The summed E-state index contributed by atoms with van der Waals surface area (Å²) in [4.78, 5) is 5.04. The van der Waals surface area contributed by atoms with Crippen LogP contribution < -0.4 is 19.7 Å². The van der Waals surface area contributed by atoms with Crippen molar-refractivity contribution in [3.8, 4) is 11.3 Å². The molecule has 3 nitrogen and oxygen atoms in total. The third-order valence-electron chi connectivity index (χ3n) is 6.52. The van der Waals surface area contributed by atoms with Crippen LogP contribution in [0.25, 0.3) is 11.3 Å². The van der Waals surface area contributed by atoms with E-state index >= 15 is 0 Å². The molecule has 3 aliphatic rings. The normalized spacial score (nSPS) is 14.7. The maximum Gasteiger partial charge on any atom is 0.421 e. The molecule has 136 valence electrons. The van der Waals surface area contributed by atoms with Crippen molar-refractivity contribution in [2.45, 2.75) is 13.5 Å². The van der Waals surface area contributed by atoms with E-state index in [0.29, 0.717) is 0 Å². The molecular weight excluding hydrogens is 353 g/mol. The molecule has 0 radical (unpaired) electrons. The van der Waals surface area contributed by atoms with Gasteiger partial charge in [0.25, 0.3) is 0 Å². The SMILES string of the molecule is Cc1ccc2c(c1)N1B(c3cccc4c3-c3c1ccc[n+]3C4)N2c1ccccc1. The third kappa shape index (κ3) is 1.86. The number of pyridine rings is 1. The van der Waals surface area contributed by atoms with Crippen molar-refractivity contribution in [2.24, 2.45) is 0 Å². The minimum Gasteiger partial charge on any atom is -0.360 e. The van der Waals surface area contributed by atoms with Crippen molar-refractivity contribution >= 4 is 35.2 Å². The van der Waals surface area contributed by atoms with Gasteiger partial charge in [-0.05, 0) is 48.3 Å². The van der Waals surface area contributed by atoms with Crippen LogP contribution in [0.1, 0.15) is 11.1 Å². The van der Waals surface area contributed by atoms with E-state index in [1.54, 1.807) is 0 Å². The fourth-order valence-corrected chi connectivity index (χ4v) is 5.39. The van der Waals surface area contributed by atoms with Crippen molar-refractivity contribution < 1.29 is 4.57 Å². The van der Waals surface area contributed by atoms with Gasteiger partial charge in [0.2, 0.25) is 5.69 Å². The summed E-state index contributed by atoms with van der Waals surface area (Å²) in [7, 11) is 0. The van der Waals surface area contributed by atoms with Gasteiger partial charge in [-0.3, -0.25) is 0 Å². The molecule has 29 heavy (non-hydrogen) atoms. The van der Waals surface area contributed by atoms with Crippen LogP contribution in [0.5, 0.6) is 0 Å². The van der Waals surface area contributed by atoms with Crippen LogP contribution >= 0.6 is 0 Å². The predicted molar refractivity (Wildman–Crippen MR) is 118 cm³/mol. The molecule has 7 rings (SSSR count). The first-order valence-electron chi connectivity index (χ1n) is 10.2. The molecule has 0 unspecified atom stereocenters. The average Bonchev–Trinajstić information content (AvgIpc) is 3.30. The van der Waals surface area contributed by atoms with Crippen LogP contribution in [0, 0.1) is 6.92 Å². The van der Waals surface area contributed by atoms with E-state index in [1.807, 2.05) is 0 Å². The van der Waals surface area contributed by atoms with Crippen molar-refractivity contribution in [3.63, 3.8) is 0 Å². The highest BCUT2D eigenvalue weighted by Crippen LogP contribution is 2.51. The third-order valence-corrected chi connectivity index (χ3v) is 6.52. The molecule has 0 spiro atoms. The Morgan fingerprint density at radius 3 is 2.59 bits per heavy atom. The van der Waals surface area contributed by atoms with Gasteiger partial charge in [-0.15, -0.1) is 0 Å². The molecule has 4 aromatic rings. The lowest BCUT2D eigenvalue weighted by Crippen LogP contribution is -2.56. The predicted octanol–water partition coefficient (Wildman–Crippen LogP) is 4.31. The van der Waals surface area contributed by atoms with E-state index in [4.69, 9.17) is 0 Å². The molecule has 0 N–H and O–H groups in total. The number of rotatable bonds is 1. The molecule has 0 amide bonds. The van der Waals surface area contributed by atoms with E-state index < -0.39 is 0 Å². The van der Waals surface area contributed by atoms with Crippen molar-refractivity contribution in [3.05, 3.63) is 96.2 Å². The van der Waals surface area contributed by atoms with Gasteiger partial charge in [0, 0.05) is 17.3 Å².